The SMILES string of the molecule is C=C1[C@H](C)CC(=C/C=C2\CCC[C@]3(C)C(=C(C)C)CC[C@@]23C)C[C@H]1C. The average Bonchev–Trinajstić information content (AvgIpc) is 2.82. The van der Waals surface area contributed by atoms with Gasteiger partial charge in [0.15, 0.2) is 0 Å². The number of rotatable bonds is 1. The number of allylic oxidation sites excluding steroid dienone is 7. The zero-order chi connectivity index (χ0) is 18.4. The lowest BCUT2D eigenvalue weighted by atomic mass is 9.56. The van der Waals surface area contributed by atoms with Gasteiger partial charge in [0.2, 0.25) is 0 Å². The molecule has 0 radical (unpaired) electrons. The molecule has 0 aliphatic heterocycles. The Kier molecular flexibility index (Phi) is 4.95. The van der Waals surface area contributed by atoms with E-state index >= 15 is 0 Å². The number of hydrogen-bond acceptors (Lipinski definition) is 0. The summed E-state index contributed by atoms with van der Waals surface area (Å²) in [5, 5.41) is 0. The van der Waals surface area contributed by atoms with E-state index in [4.69, 9.17) is 0 Å². The van der Waals surface area contributed by atoms with Crippen LogP contribution in [0.4, 0.5) is 0 Å². The van der Waals surface area contributed by atoms with Crippen LogP contribution in [0.2, 0.25) is 0 Å². The highest BCUT2D eigenvalue weighted by molar-refractivity contribution is 5.38. The standard InChI is InChI=1S/C25H38/c1-17(2)23-12-14-24(6)22(9-8-13-25(23,24)7)11-10-21-15-18(3)20(5)19(4)16-21/h10-11,18-19H,5,8-9,12-16H2,1-4,6-7H3/b22-11+/t18-,19-,24+,25-/m1/s1. The minimum atomic E-state index is 0.365. The Bertz CT molecular complexity index is 636. The Balaban J connectivity index is 1.90. The van der Waals surface area contributed by atoms with Gasteiger partial charge in [-0.3, -0.25) is 0 Å². The van der Waals surface area contributed by atoms with Crippen molar-refractivity contribution in [3.05, 3.63) is 46.6 Å². The summed E-state index contributed by atoms with van der Waals surface area (Å²) in [5.74, 6) is 1.29. The molecule has 25 heavy (non-hydrogen) atoms. The van der Waals surface area contributed by atoms with Crippen molar-refractivity contribution in [2.24, 2.45) is 22.7 Å². The van der Waals surface area contributed by atoms with Crippen LogP contribution in [0.5, 0.6) is 0 Å². The summed E-state index contributed by atoms with van der Waals surface area (Å²) in [5.41, 5.74) is 8.88. The van der Waals surface area contributed by atoms with Crippen molar-refractivity contribution in [1.82, 2.24) is 0 Å². The Hall–Kier alpha value is -1.04. The fourth-order valence-corrected chi connectivity index (χ4v) is 6.15. The van der Waals surface area contributed by atoms with Crippen LogP contribution in [-0.4, -0.2) is 0 Å². The first-order chi connectivity index (χ1) is 11.7. The molecule has 0 amide bonds. The lowest BCUT2D eigenvalue weighted by Gasteiger charge is -2.48. The molecular formula is C25H38. The van der Waals surface area contributed by atoms with E-state index in [0.29, 0.717) is 22.7 Å². The molecule has 4 atom stereocenters. The number of fused-ring (bicyclic) bond motifs is 1. The average molecular weight is 339 g/mol. The highest BCUT2D eigenvalue weighted by Crippen LogP contribution is 2.65. The smallest absolute Gasteiger partial charge is 0.00192 e. The van der Waals surface area contributed by atoms with Gasteiger partial charge in [-0.05, 0) is 81.5 Å². The fourth-order valence-electron chi connectivity index (χ4n) is 6.15. The van der Waals surface area contributed by atoms with E-state index in [0.717, 1.165) is 0 Å². The Morgan fingerprint density at radius 3 is 2.20 bits per heavy atom. The molecule has 0 unspecified atom stereocenters. The van der Waals surface area contributed by atoms with Crippen LogP contribution in [0.25, 0.3) is 0 Å². The van der Waals surface area contributed by atoms with Crippen molar-refractivity contribution in [2.45, 2.75) is 86.5 Å². The van der Waals surface area contributed by atoms with E-state index in [2.05, 4.69) is 60.3 Å². The minimum absolute atomic E-state index is 0.365. The molecule has 0 heterocycles. The summed E-state index contributed by atoms with van der Waals surface area (Å²) in [4.78, 5) is 0. The van der Waals surface area contributed by atoms with Gasteiger partial charge in [-0.15, -0.1) is 0 Å². The first-order valence-corrected chi connectivity index (χ1v) is 10.4. The third-order valence-corrected chi connectivity index (χ3v) is 8.12. The zero-order valence-electron chi connectivity index (χ0n) is 17.5. The monoisotopic (exact) mass is 338 g/mol. The largest absolute Gasteiger partial charge is 0.0993 e. The van der Waals surface area contributed by atoms with Crippen molar-refractivity contribution in [2.75, 3.05) is 0 Å². The Morgan fingerprint density at radius 2 is 1.60 bits per heavy atom. The van der Waals surface area contributed by atoms with Crippen LogP contribution >= 0.6 is 0 Å². The van der Waals surface area contributed by atoms with Gasteiger partial charge in [0.05, 0.1) is 0 Å². The van der Waals surface area contributed by atoms with Gasteiger partial charge < -0.3 is 0 Å². The molecular weight excluding hydrogens is 300 g/mol. The molecule has 3 saturated carbocycles. The van der Waals surface area contributed by atoms with Gasteiger partial charge in [-0.1, -0.05) is 74.3 Å². The molecule has 0 N–H and O–H groups in total. The summed E-state index contributed by atoms with van der Waals surface area (Å²) in [6, 6.07) is 0. The van der Waals surface area contributed by atoms with E-state index in [9.17, 15) is 0 Å². The van der Waals surface area contributed by atoms with E-state index < -0.39 is 0 Å². The summed E-state index contributed by atoms with van der Waals surface area (Å²) < 4.78 is 0. The van der Waals surface area contributed by atoms with Gasteiger partial charge in [0.1, 0.15) is 0 Å². The number of hydrogen-bond donors (Lipinski definition) is 0. The van der Waals surface area contributed by atoms with Crippen LogP contribution in [-0.2, 0) is 0 Å². The van der Waals surface area contributed by atoms with Gasteiger partial charge >= 0.3 is 0 Å². The fraction of sp³-hybridized carbons (Fsp3) is 0.680. The predicted molar refractivity (Wildman–Crippen MR) is 111 cm³/mol. The van der Waals surface area contributed by atoms with Crippen molar-refractivity contribution in [3.63, 3.8) is 0 Å². The second-order valence-electron chi connectivity index (χ2n) is 9.80. The maximum atomic E-state index is 4.30. The van der Waals surface area contributed by atoms with Crippen LogP contribution < -0.4 is 0 Å². The first-order valence-electron chi connectivity index (χ1n) is 10.4. The summed E-state index contributed by atoms with van der Waals surface area (Å²) in [6.07, 6.45) is 14.1. The lowest BCUT2D eigenvalue weighted by Crippen LogP contribution is -2.38. The van der Waals surface area contributed by atoms with Crippen LogP contribution in [0.1, 0.15) is 86.5 Å². The third kappa shape index (κ3) is 3.00. The molecule has 0 aromatic carbocycles. The van der Waals surface area contributed by atoms with Gasteiger partial charge in [-0.25, -0.2) is 0 Å². The van der Waals surface area contributed by atoms with Gasteiger partial charge in [0.25, 0.3) is 0 Å². The van der Waals surface area contributed by atoms with Crippen molar-refractivity contribution < 1.29 is 0 Å². The van der Waals surface area contributed by atoms with E-state index in [1.807, 2.05) is 0 Å². The lowest BCUT2D eigenvalue weighted by molar-refractivity contribution is 0.137. The zero-order valence-corrected chi connectivity index (χ0v) is 17.5. The van der Waals surface area contributed by atoms with Crippen molar-refractivity contribution >= 4 is 0 Å². The second-order valence-corrected chi connectivity index (χ2v) is 9.80. The third-order valence-electron chi connectivity index (χ3n) is 8.12. The Morgan fingerprint density at radius 1 is 0.960 bits per heavy atom. The Labute approximate surface area is 156 Å². The summed E-state index contributed by atoms with van der Waals surface area (Å²) in [6.45, 7) is 18.7. The highest BCUT2D eigenvalue weighted by Gasteiger charge is 2.54. The van der Waals surface area contributed by atoms with E-state index in [-0.39, 0.29) is 0 Å². The molecule has 0 spiro atoms. The predicted octanol–water partition coefficient (Wildman–Crippen LogP) is 7.79. The molecule has 3 fully saturated rings. The van der Waals surface area contributed by atoms with Gasteiger partial charge in [-0.2, -0.15) is 0 Å². The molecule has 0 heteroatoms. The van der Waals surface area contributed by atoms with E-state index in [1.54, 1.807) is 22.3 Å². The molecule has 0 aromatic heterocycles. The molecule has 0 aromatic rings. The molecule has 3 rings (SSSR count). The molecule has 0 bridgehead atoms. The van der Waals surface area contributed by atoms with Crippen molar-refractivity contribution in [3.8, 4) is 0 Å². The summed E-state index contributed by atoms with van der Waals surface area (Å²) >= 11 is 0. The van der Waals surface area contributed by atoms with Crippen molar-refractivity contribution in [1.29, 1.82) is 0 Å². The van der Waals surface area contributed by atoms with Gasteiger partial charge in [0, 0.05) is 0 Å². The molecule has 3 aliphatic carbocycles. The molecule has 3 aliphatic rings. The second kappa shape index (κ2) is 6.60. The quantitative estimate of drug-likeness (QED) is 0.428. The highest BCUT2D eigenvalue weighted by atomic mass is 14.6. The molecule has 0 nitrogen and oxygen atoms in total. The molecule has 0 saturated heterocycles. The van der Waals surface area contributed by atoms with E-state index in [1.165, 1.54) is 50.5 Å². The van der Waals surface area contributed by atoms with Crippen LogP contribution in [0.3, 0.4) is 0 Å². The van der Waals surface area contributed by atoms with Crippen LogP contribution in [0.15, 0.2) is 46.6 Å². The normalized spacial score (nSPS) is 40.4. The maximum Gasteiger partial charge on any atom is -0.00192 e. The molecule has 138 valence electrons. The van der Waals surface area contributed by atoms with Crippen LogP contribution in [0, 0.1) is 22.7 Å². The first kappa shape index (κ1) is 18.7. The maximum absolute atomic E-state index is 4.30. The minimum Gasteiger partial charge on any atom is -0.0993 e. The topological polar surface area (TPSA) is 0 Å². The summed E-state index contributed by atoms with van der Waals surface area (Å²) in [7, 11) is 0.